The first kappa shape index (κ1) is 22.4. The summed E-state index contributed by atoms with van der Waals surface area (Å²) in [4.78, 5) is 25.8. The maximum absolute atomic E-state index is 12.9. The number of carboxylic acid groups (broad SMARTS) is 1. The number of carbonyl (C=O) groups excluding carboxylic acids is 1. The Morgan fingerprint density at radius 2 is 1.48 bits per heavy atom. The van der Waals surface area contributed by atoms with E-state index in [2.05, 4.69) is 0 Å². The van der Waals surface area contributed by atoms with Crippen LogP contribution in [0.2, 0.25) is 0 Å². The number of nitrogens with zero attached hydrogens (tertiary/aromatic N) is 1. The van der Waals surface area contributed by atoms with Crippen molar-refractivity contribution in [2.75, 3.05) is 14.2 Å². The van der Waals surface area contributed by atoms with Gasteiger partial charge in [0.1, 0.15) is 6.61 Å². The van der Waals surface area contributed by atoms with Crippen LogP contribution in [-0.4, -0.2) is 48.6 Å². The summed E-state index contributed by atoms with van der Waals surface area (Å²) < 4.78 is 15.9. The van der Waals surface area contributed by atoms with E-state index in [1.807, 2.05) is 60.7 Å². The normalized spacial score (nSPS) is 11.8. The van der Waals surface area contributed by atoms with Gasteiger partial charge >= 0.3 is 12.1 Å². The Hall–Kier alpha value is -2.90. The van der Waals surface area contributed by atoms with Crippen molar-refractivity contribution >= 4 is 12.1 Å². The lowest BCUT2D eigenvalue weighted by atomic mass is 10.1. The van der Waals surface area contributed by atoms with Crippen LogP contribution in [-0.2, 0) is 32.2 Å². The average Bonchev–Trinajstić information content (AvgIpc) is 2.74. The molecule has 0 fully saturated rings. The number of carbonyl (C=O) groups is 2. The smallest absolute Gasteiger partial charge is 0.410 e. The molecule has 2 rings (SSSR count). The molecule has 1 atom stereocenters. The van der Waals surface area contributed by atoms with Crippen molar-refractivity contribution < 1.29 is 28.9 Å². The molecule has 0 spiro atoms. The van der Waals surface area contributed by atoms with Crippen molar-refractivity contribution in [2.24, 2.45) is 0 Å². The Kier molecular flexibility index (Phi) is 9.14. The Morgan fingerprint density at radius 1 is 0.931 bits per heavy atom. The number of ether oxygens (including phenoxy) is 3. The molecule has 0 saturated carbocycles. The third kappa shape index (κ3) is 7.56. The van der Waals surface area contributed by atoms with Crippen LogP contribution in [0, 0.1) is 0 Å². The molecular formula is C22H27NO6. The number of amides is 1. The largest absolute Gasteiger partial charge is 0.481 e. The number of benzene rings is 2. The van der Waals surface area contributed by atoms with Gasteiger partial charge in [0.05, 0.1) is 12.5 Å². The Bertz CT molecular complexity index is 748. The molecule has 0 aliphatic carbocycles. The van der Waals surface area contributed by atoms with Gasteiger partial charge in [-0.3, -0.25) is 4.79 Å². The average molecular weight is 401 g/mol. The highest BCUT2D eigenvalue weighted by molar-refractivity contribution is 5.71. The van der Waals surface area contributed by atoms with Crippen molar-refractivity contribution in [1.29, 1.82) is 0 Å². The van der Waals surface area contributed by atoms with E-state index in [4.69, 9.17) is 14.2 Å². The van der Waals surface area contributed by atoms with E-state index in [1.165, 1.54) is 19.1 Å². The standard InChI is InChI=1S/C22H27NO6/c1-27-21(28-2)14-19(13-20(24)25)23(15-17-9-5-3-6-10-17)22(26)29-16-18-11-7-4-8-12-18/h3-12,19,21H,13-16H2,1-2H3,(H,24,25)/t19-/m1/s1. The minimum absolute atomic E-state index is 0.0999. The van der Waals surface area contributed by atoms with Gasteiger partial charge in [-0.05, 0) is 11.1 Å². The van der Waals surface area contributed by atoms with E-state index < -0.39 is 24.4 Å². The van der Waals surface area contributed by atoms with Crippen LogP contribution in [0.3, 0.4) is 0 Å². The predicted molar refractivity (Wildman–Crippen MR) is 107 cm³/mol. The van der Waals surface area contributed by atoms with Crippen LogP contribution in [0.4, 0.5) is 4.79 Å². The molecule has 0 unspecified atom stereocenters. The van der Waals surface area contributed by atoms with Gasteiger partial charge in [0.2, 0.25) is 0 Å². The van der Waals surface area contributed by atoms with Crippen LogP contribution in [0.5, 0.6) is 0 Å². The zero-order valence-electron chi connectivity index (χ0n) is 16.7. The molecule has 29 heavy (non-hydrogen) atoms. The highest BCUT2D eigenvalue weighted by atomic mass is 16.7. The fourth-order valence-electron chi connectivity index (χ4n) is 2.96. The first-order valence-electron chi connectivity index (χ1n) is 9.32. The first-order chi connectivity index (χ1) is 14.0. The summed E-state index contributed by atoms with van der Waals surface area (Å²) in [6, 6.07) is 18.0. The number of hydrogen-bond acceptors (Lipinski definition) is 5. The van der Waals surface area contributed by atoms with Crippen LogP contribution in [0.1, 0.15) is 24.0 Å². The van der Waals surface area contributed by atoms with E-state index in [-0.39, 0.29) is 26.0 Å². The van der Waals surface area contributed by atoms with Crippen LogP contribution < -0.4 is 0 Å². The zero-order valence-corrected chi connectivity index (χ0v) is 16.7. The minimum atomic E-state index is -1.02. The van der Waals surface area contributed by atoms with Gasteiger partial charge in [0.25, 0.3) is 0 Å². The summed E-state index contributed by atoms with van der Waals surface area (Å²) in [5.74, 6) is -1.02. The van der Waals surface area contributed by atoms with Crippen molar-refractivity contribution in [1.82, 2.24) is 4.90 Å². The summed E-state index contributed by atoms with van der Waals surface area (Å²) in [5.41, 5.74) is 1.72. The molecule has 0 aliphatic rings. The second-order valence-corrected chi connectivity index (χ2v) is 6.54. The van der Waals surface area contributed by atoms with Gasteiger partial charge in [-0.15, -0.1) is 0 Å². The maximum Gasteiger partial charge on any atom is 0.410 e. The fraction of sp³-hybridized carbons (Fsp3) is 0.364. The number of aliphatic carboxylic acids is 1. The second-order valence-electron chi connectivity index (χ2n) is 6.54. The van der Waals surface area contributed by atoms with E-state index in [1.54, 1.807) is 0 Å². The zero-order chi connectivity index (χ0) is 21.1. The van der Waals surface area contributed by atoms with Crippen molar-refractivity contribution in [2.45, 2.75) is 38.3 Å². The molecule has 0 aromatic heterocycles. The summed E-state index contributed by atoms with van der Waals surface area (Å²) in [6.07, 6.45) is -1.28. The van der Waals surface area contributed by atoms with Gasteiger partial charge in [0.15, 0.2) is 6.29 Å². The van der Waals surface area contributed by atoms with Gasteiger partial charge in [-0.1, -0.05) is 60.7 Å². The molecule has 0 heterocycles. The molecule has 1 amide bonds. The van der Waals surface area contributed by atoms with E-state index in [0.29, 0.717) is 0 Å². The van der Waals surface area contributed by atoms with Gasteiger partial charge in [0, 0.05) is 27.2 Å². The fourth-order valence-corrected chi connectivity index (χ4v) is 2.96. The summed E-state index contributed by atoms with van der Waals surface area (Å²) in [6.45, 7) is 0.315. The van der Waals surface area contributed by atoms with E-state index >= 15 is 0 Å². The summed E-state index contributed by atoms with van der Waals surface area (Å²) >= 11 is 0. The molecule has 2 aromatic rings. The Balaban J connectivity index is 2.21. The molecule has 2 aromatic carbocycles. The van der Waals surface area contributed by atoms with Gasteiger partial charge in [-0.2, -0.15) is 0 Å². The lowest BCUT2D eigenvalue weighted by molar-refractivity contribution is -0.141. The molecule has 1 N–H and O–H groups in total. The molecule has 0 aliphatic heterocycles. The Morgan fingerprint density at radius 3 is 2.00 bits per heavy atom. The topological polar surface area (TPSA) is 85.3 Å². The highest BCUT2D eigenvalue weighted by Gasteiger charge is 2.30. The predicted octanol–water partition coefficient (Wildman–Crippen LogP) is 3.68. The van der Waals surface area contributed by atoms with Crippen molar-refractivity contribution in [3.8, 4) is 0 Å². The molecule has 0 bridgehead atoms. The second kappa shape index (κ2) is 11.8. The SMILES string of the molecule is COC(C[C@@H](CC(=O)O)N(Cc1ccccc1)C(=O)OCc1ccccc1)OC. The molecule has 7 heteroatoms. The molecule has 0 radical (unpaired) electrons. The minimum Gasteiger partial charge on any atom is -0.481 e. The Labute approximate surface area is 170 Å². The van der Waals surface area contributed by atoms with E-state index in [0.717, 1.165) is 11.1 Å². The van der Waals surface area contributed by atoms with Crippen molar-refractivity contribution in [3.05, 3.63) is 71.8 Å². The van der Waals surface area contributed by atoms with Gasteiger partial charge in [-0.25, -0.2) is 4.79 Å². The van der Waals surface area contributed by atoms with Crippen LogP contribution in [0.15, 0.2) is 60.7 Å². The number of carboxylic acids is 1. The van der Waals surface area contributed by atoms with E-state index in [9.17, 15) is 14.7 Å². The number of hydrogen-bond donors (Lipinski definition) is 1. The van der Waals surface area contributed by atoms with Crippen molar-refractivity contribution in [3.63, 3.8) is 0 Å². The number of methoxy groups -OCH3 is 2. The highest BCUT2D eigenvalue weighted by Crippen LogP contribution is 2.19. The van der Waals surface area contributed by atoms with Crippen LogP contribution >= 0.6 is 0 Å². The van der Waals surface area contributed by atoms with Gasteiger partial charge < -0.3 is 24.2 Å². The monoisotopic (exact) mass is 401 g/mol. The summed E-state index contributed by atoms with van der Waals surface area (Å²) in [7, 11) is 2.95. The molecular weight excluding hydrogens is 374 g/mol. The molecule has 0 saturated heterocycles. The first-order valence-corrected chi connectivity index (χ1v) is 9.32. The van der Waals surface area contributed by atoms with Crippen LogP contribution in [0.25, 0.3) is 0 Å². The number of rotatable bonds is 11. The lowest BCUT2D eigenvalue weighted by Crippen LogP contribution is -2.43. The molecule has 7 nitrogen and oxygen atoms in total. The molecule has 156 valence electrons. The quantitative estimate of drug-likeness (QED) is 0.578. The lowest BCUT2D eigenvalue weighted by Gasteiger charge is -2.32. The third-order valence-electron chi connectivity index (χ3n) is 4.48. The maximum atomic E-state index is 12.9. The third-order valence-corrected chi connectivity index (χ3v) is 4.48. The summed E-state index contributed by atoms with van der Waals surface area (Å²) in [5, 5.41) is 9.39.